The lowest BCUT2D eigenvalue weighted by Gasteiger charge is -2.14. The quantitative estimate of drug-likeness (QED) is 0.915. The minimum Gasteiger partial charge on any atom is -0.459 e. The Morgan fingerprint density at radius 3 is 2.84 bits per heavy atom. The summed E-state index contributed by atoms with van der Waals surface area (Å²) >= 11 is 0. The summed E-state index contributed by atoms with van der Waals surface area (Å²) in [4.78, 5) is 0. The first-order valence-corrected chi connectivity index (χ1v) is 7.92. The molecule has 0 spiro atoms. The normalized spacial score (nSPS) is 23.8. The SMILES string of the molecule is NC(c1cc2cc(F)ccc2o1)C1CCS(=O)(=O)C1. The molecule has 1 aliphatic heterocycles. The number of fused-ring (bicyclic) bond motifs is 1. The van der Waals surface area contributed by atoms with Crippen LogP contribution in [0.4, 0.5) is 4.39 Å². The molecule has 4 nitrogen and oxygen atoms in total. The lowest BCUT2D eigenvalue weighted by molar-refractivity contribution is 0.401. The standard InChI is InChI=1S/C13H14FNO3S/c14-10-1-2-11-9(5-10)6-12(18-11)13(15)8-3-4-19(16,17)7-8/h1-2,5-6,8,13H,3-4,7,15H2. The number of benzene rings is 1. The first-order valence-electron chi connectivity index (χ1n) is 6.10. The van der Waals surface area contributed by atoms with Gasteiger partial charge in [-0.25, -0.2) is 12.8 Å². The van der Waals surface area contributed by atoms with Gasteiger partial charge in [0, 0.05) is 5.39 Å². The first kappa shape index (κ1) is 12.6. The molecule has 1 aliphatic rings. The van der Waals surface area contributed by atoms with Crippen LogP contribution in [0.15, 0.2) is 28.7 Å². The van der Waals surface area contributed by atoms with Gasteiger partial charge >= 0.3 is 0 Å². The van der Waals surface area contributed by atoms with Crippen LogP contribution in [0, 0.1) is 11.7 Å². The molecular formula is C13H14FNO3S. The summed E-state index contributed by atoms with van der Waals surface area (Å²) in [5.74, 6) is 0.328. The van der Waals surface area contributed by atoms with Gasteiger partial charge in [0.25, 0.3) is 0 Å². The van der Waals surface area contributed by atoms with Crippen LogP contribution in [0.3, 0.4) is 0 Å². The van der Waals surface area contributed by atoms with E-state index in [9.17, 15) is 12.8 Å². The van der Waals surface area contributed by atoms with Crippen molar-refractivity contribution in [1.29, 1.82) is 0 Å². The van der Waals surface area contributed by atoms with Gasteiger partial charge in [0.2, 0.25) is 0 Å². The summed E-state index contributed by atoms with van der Waals surface area (Å²) in [5, 5.41) is 0.645. The van der Waals surface area contributed by atoms with Crippen molar-refractivity contribution in [3.63, 3.8) is 0 Å². The zero-order valence-electron chi connectivity index (χ0n) is 10.2. The Kier molecular flexibility index (Phi) is 2.87. The number of halogens is 1. The number of nitrogens with two attached hydrogens (primary N) is 1. The summed E-state index contributed by atoms with van der Waals surface area (Å²) in [6.45, 7) is 0. The fourth-order valence-electron chi connectivity index (χ4n) is 2.54. The molecule has 2 unspecified atom stereocenters. The van der Waals surface area contributed by atoms with Crippen LogP contribution in [0.1, 0.15) is 18.2 Å². The number of hydrogen-bond acceptors (Lipinski definition) is 4. The Bertz CT molecular complexity index is 723. The second kappa shape index (κ2) is 4.31. The lowest BCUT2D eigenvalue weighted by Crippen LogP contribution is -2.21. The monoisotopic (exact) mass is 283 g/mol. The number of rotatable bonds is 2. The molecule has 1 aromatic carbocycles. The van der Waals surface area contributed by atoms with E-state index >= 15 is 0 Å². The zero-order chi connectivity index (χ0) is 13.6. The lowest BCUT2D eigenvalue weighted by atomic mass is 9.98. The molecule has 0 bridgehead atoms. The second-order valence-corrected chi connectivity index (χ2v) is 7.25. The first-order chi connectivity index (χ1) is 8.94. The molecule has 0 radical (unpaired) electrons. The minimum atomic E-state index is -2.97. The molecule has 6 heteroatoms. The van der Waals surface area contributed by atoms with Crippen LogP contribution in [0.5, 0.6) is 0 Å². The topological polar surface area (TPSA) is 73.3 Å². The van der Waals surface area contributed by atoms with Crippen molar-refractivity contribution < 1.29 is 17.2 Å². The zero-order valence-corrected chi connectivity index (χ0v) is 11.0. The predicted molar refractivity (Wildman–Crippen MR) is 69.9 cm³/mol. The van der Waals surface area contributed by atoms with E-state index in [2.05, 4.69) is 0 Å². The van der Waals surface area contributed by atoms with Crippen LogP contribution in [-0.2, 0) is 9.84 Å². The maximum absolute atomic E-state index is 13.1. The molecule has 2 heterocycles. The van der Waals surface area contributed by atoms with E-state index in [4.69, 9.17) is 10.2 Å². The highest BCUT2D eigenvalue weighted by atomic mass is 32.2. The molecule has 1 aromatic heterocycles. The fraction of sp³-hybridized carbons (Fsp3) is 0.385. The van der Waals surface area contributed by atoms with Gasteiger partial charge in [-0.1, -0.05) is 0 Å². The molecule has 3 rings (SSSR count). The van der Waals surface area contributed by atoms with Crippen molar-refractivity contribution in [1.82, 2.24) is 0 Å². The van der Waals surface area contributed by atoms with Gasteiger partial charge < -0.3 is 10.2 Å². The van der Waals surface area contributed by atoms with Gasteiger partial charge in [-0.2, -0.15) is 0 Å². The summed E-state index contributed by atoms with van der Waals surface area (Å²) in [7, 11) is -2.97. The average Bonchev–Trinajstić information content (AvgIpc) is 2.90. The molecule has 2 atom stereocenters. The molecule has 1 fully saturated rings. The predicted octanol–water partition coefficient (Wildman–Crippen LogP) is 2.01. The van der Waals surface area contributed by atoms with Gasteiger partial charge in [0.1, 0.15) is 17.2 Å². The van der Waals surface area contributed by atoms with Crippen LogP contribution in [0.25, 0.3) is 11.0 Å². The Hall–Kier alpha value is -1.40. The highest BCUT2D eigenvalue weighted by Crippen LogP contribution is 2.32. The molecule has 2 N–H and O–H groups in total. The molecule has 1 saturated heterocycles. The van der Waals surface area contributed by atoms with Crippen molar-refractivity contribution in [2.24, 2.45) is 11.7 Å². The molecule has 0 aliphatic carbocycles. The molecular weight excluding hydrogens is 269 g/mol. The number of furan rings is 1. The van der Waals surface area contributed by atoms with E-state index in [0.29, 0.717) is 23.2 Å². The Balaban J connectivity index is 1.91. The van der Waals surface area contributed by atoms with E-state index in [1.807, 2.05) is 0 Å². The smallest absolute Gasteiger partial charge is 0.150 e. The van der Waals surface area contributed by atoms with Crippen LogP contribution >= 0.6 is 0 Å². The molecule has 2 aromatic rings. The summed E-state index contributed by atoms with van der Waals surface area (Å²) in [6.07, 6.45) is 0.551. The van der Waals surface area contributed by atoms with Crippen LogP contribution in [-0.4, -0.2) is 19.9 Å². The van der Waals surface area contributed by atoms with Gasteiger partial charge in [0.15, 0.2) is 9.84 Å². The van der Waals surface area contributed by atoms with Crippen molar-refractivity contribution in [2.45, 2.75) is 12.5 Å². The average molecular weight is 283 g/mol. The highest BCUT2D eigenvalue weighted by molar-refractivity contribution is 7.91. The fourth-order valence-corrected chi connectivity index (χ4v) is 4.39. The molecule has 0 amide bonds. The van der Waals surface area contributed by atoms with Crippen molar-refractivity contribution in [2.75, 3.05) is 11.5 Å². The largest absolute Gasteiger partial charge is 0.459 e. The van der Waals surface area contributed by atoms with Crippen LogP contribution in [0.2, 0.25) is 0 Å². The number of sulfone groups is 1. The molecule has 19 heavy (non-hydrogen) atoms. The van der Waals surface area contributed by atoms with Crippen molar-refractivity contribution >= 4 is 20.8 Å². The van der Waals surface area contributed by atoms with E-state index in [0.717, 1.165) is 0 Å². The third-order valence-corrected chi connectivity index (χ3v) is 5.40. The van der Waals surface area contributed by atoms with E-state index in [-0.39, 0.29) is 23.2 Å². The van der Waals surface area contributed by atoms with E-state index in [1.54, 1.807) is 12.1 Å². The maximum atomic E-state index is 13.1. The van der Waals surface area contributed by atoms with Crippen molar-refractivity contribution in [3.05, 3.63) is 35.8 Å². The minimum absolute atomic E-state index is 0.0968. The van der Waals surface area contributed by atoms with Gasteiger partial charge in [0.05, 0.1) is 17.5 Å². The van der Waals surface area contributed by atoms with Crippen molar-refractivity contribution in [3.8, 4) is 0 Å². The Morgan fingerprint density at radius 1 is 1.37 bits per heavy atom. The summed E-state index contributed by atoms with van der Waals surface area (Å²) < 4.78 is 41.6. The summed E-state index contributed by atoms with van der Waals surface area (Å²) in [6, 6.07) is 5.47. The van der Waals surface area contributed by atoms with Gasteiger partial charge in [-0.15, -0.1) is 0 Å². The van der Waals surface area contributed by atoms with E-state index < -0.39 is 15.9 Å². The van der Waals surface area contributed by atoms with Gasteiger partial charge in [-0.3, -0.25) is 0 Å². The Labute approximate surface area is 110 Å². The second-order valence-electron chi connectivity index (χ2n) is 5.02. The van der Waals surface area contributed by atoms with Gasteiger partial charge in [-0.05, 0) is 36.6 Å². The maximum Gasteiger partial charge on any atom is 0.150 e. The van der Waals surface area contributed by atoms with E-state index in [1.165, 1.54) is 12.1 Å². The van der Waals surface area contributed by atoms with Crippen LogP contribution < -0.4 is 5.73 Å². The third kappa shape index (κ3) is 2.37. The third-order valence-electron chi connectivity index (χ3n) is 3.60. The Morgan fingerprint density at radius 2 is 2.16 bits per heavy atom. The molecule has 0 saturated carbocycles. The number of hydrogen-bond donors (Lipinski definition) is 1. The summed E-state index contributed by atoms with van der Waals surface area (Å²) in [5.41, 5.74) is 6.63. The molecule has 102 valence electrons. The highest BCUT2D eigenvalue weighted by Gasteiger charge is 2.34.